The summed E-state index contributed by atoms with van der Waals surface area (Å²) in [6, 6.07) is 7.09. The summed E-state index contributed by atoms with van der Waals surface area (Å²) in [6.45, 7) is 0.603. The fourth-order valence-electron chi connectivity index (χ4n) is 1.95. The number of benzene rings is 1. The topological polar surface area (TPSA) is 60.8 Å². The van der Waals surface area contributed by atoms with Crippen molar-refractivity contribution in [3.05, 3.63) is 34.9 Å². The molecule has 4 nitrogen and oxygen atoms in total. The summed E-state index contributed by atoms with van der Waals surface area (Å²) >= 11 is 5.85. The van der Waals surface area contributed by atoms with E-state index in [4.69, 9.17) is 16.7 Å². The molecule has 100 valence electrons. The fraction of sp³-hybridized carbons (Fsp3) is 0.357. The SMILES string of the molecule is O=C(O)N1CCC(O)(C#Cc2cccc(Cl)c2)CC1. The second kappa shape index (κ2) is 5.52. The van der Waals surface area contributed by atoms with Crippen LogP contribution in [-0.4, -0.2) is 39.9 Å². The first kappa shape index (κ1) is 13.7. The molecule has 2 rings (SSSR count). The van der Waals surface area contributed by atoms with E-state index >= 15 is 0 Å². The number of hydrogen-bond acceptors (Lipinski definition) is 2. The number of halogens is 1. The molecule has 1 aromatic rings. The molecule has 0 atom stereocenters. The Morgan fingerprint density at radius 2 is 2.05 bits per heavy atom. The van der Waals surface area contributed by atoms with E-state index in [0.717, 1.165) is 5.56 Å². The molecular weight excluding hydrogens is 266 g/mol. The zero-order valence-corrected chi connectivity index (χ0v) is 11.0. The number of aliphatic hydroxyl groups is 1. The van der Waals surface area contributed by atoms with Crippen molar-refractivity contribution in [1.29, 1.82) is 0 Å². The molecule has 1 aromatic carbocycles. The molecule has 0 saturated carbocycles. The van der Waals surface area contributed by atoms with Gasteiger partial charge < -0.3 is 15.1 Å². The van der Waals surface area contributed by atoms with Crippen molar-refractivity contribution in [2.75, 3.05) is 13.1 Å². The Morgan fingerprint density at radius 1 is 1.37 bits per heavy atom. The van der Waals surface area contributed by atoms with Gasteiger partial charge in [-0.25, -0.2) is 4.79 Å². The van der Waals surface area contributed by atoms with E-state index in [1.165, 1.54) is 4.90 Å². The minimum Gasteiger partial charge on any atom is -0.465 e. The summed E-state index contributed by atoms with van der Waals surface area (Å²) in [5.41, 5.74) is -0.379. The van der Waals surface area contributed by atoms with E-state index in [-0.39, 0.29) is 0 Å². The van der Waals surface area contributed by atoms with E-state index in [0.29, 0.717) is 31.0 Å². The van der Waals surface area contributed by atoms with Crippen LogP contribution in [0.4, 0.5) is 4.79 Å². The molecule has 1 saturated heterocycles. The van der Waals surface area contributed by atoms with Crippen molar-refractivity contribution in [3.63, 3.8) is 0 Å². The van der Waals surface area contributed by atoms with Crippen LogP contribution in [0, 0.1) is 11.8 Å². The molecule has 0 aromatic heterocycles. The number of nitrogens with zero attached hydrogens (tertiary/aromatic N) is 1. The van der Waals surface area contributed by atoms with Gasteiger partial charge in [-0.15, -0.1) is 0 Å². The van der Waals surface area contributed by atoms with Crippen LogP contribution >= 0.6 is 11.6 Å². The number of piperidine rings is 1. The first-order valence-corrected chi connectivity index (χ1v) is 6.35. The van der Waals surface area contributed by atoms with Crippen LogP contribution in [0.15, 0.2) is 24.3 Å². The third kappa shape index (κ3) is 3.63. The highest BCUT2D eigenvalue weighted by Gasteiger charge is 2.32. The maximum Gasteiger partial charge on any atom is 0.407 e. The molecule has 2 N–H and O–H groups in total. The molecule has 1 heterocycles. The molecular formula is C14H14ClNO3. The van der Waals surface area contributed by atoms with Gasteiger partial charge in [-0.2, -0.15) is 0 Å². The minimum atomic E-state index is -1.12. The summed E-state index contributed by atoms with van der Waals surface area (Å²) in [7, 11) is 0. The highest BCUT2D eigenvalue weighted by atomic mass is 35.5. The third-order valence-electron chi connectivity index (χ3n) is 3.13. The Labute approximate surface area is 116 Å². The lowest BCUT2D eigenvalue weighted by Crippen LogP contribution is -2.45. The Hall–Kier alpha value is -1.70. The largest absolute Gasteiger partial charge is 0.465 e. The van der Waals surface area contributed by atoms with E-state index in [9.17, 15) is 9.90 Å². The maximum atomic E-state index is 10.8. The molecule has 1 aliphatic heterocycles. The van der Waals surface area contributed by atoms with Gasteiger partial charge in [0.05, 0.1) is 0 Å². The smallest absolute Gasteiger partial charge is 0.407 e. The van der Waals surface area contributed by atoms with Crippen LogP contribution in [0.3, 0.4) is 0 Å². The molecule has 0 spiro atoms. The molecule has 5 heteroatoms. The number of carbonyl (C=O) groups is 1. The van der Waals surface area contributed by atoms with E-state index < -0.39 is 11.7 Å². The lowest BCUT2D eigenvalue weighted by atomic mass is 9.92. The van der Waals surface area contributed by atoms with Gasteiger partial charge in [0.2, 0.25) is 0 Å². The zero-order chi connectivity index (χ0) is 13.9. The van der Waals surface area contributed by atoms with Gasteiger partial charge in [-0.05, 0) is 18.2 Å². The first-order chi connectivity index (χ1) is 8.98. The first-order valence-electron chi connectivity index (χ1n) is 5.97. The van der Waals surface area contributed by atoms with Crippen molar-refractivity contribution in [2.24, 2.45) is 0 Å². The standard InChI is InChI=1S/C14H14ClNO3/c15-12-3-1-2-11(10-12)4-5-14(19)6-8-16(9-7-14)13(17)18/h1-3,10,19H,6-9H2,(H,17,18). The van der Waals surface area contributed by atoms with Gasteiger partial charge in [0.15, 0.2) is 0 Å². The normalized spacial score (nSPS) is 17.5. The molecule has 0 bridgehead atoms. The molecule has 0 unspecified atom stereocenters. The highest BCUT2D eigenvalue weighted by Crippen LogP contribution is 2.21. The fourth-order valence-corrected chi connectivity index (χ4v) is 2.14. The lowest BCUT2D eigenvalue weighted by molar-refractivity contribution is 0.0296. The molecule has 1 amide bonds. The van der Waals surface area contributed by atoms with Crippen LogP contribution in [-0.2, 0) is 0 Å². The summed E-state index contributed by atoms with van der Waals surface area (Å²) in [6.07, 6.45) is -0.301. The van der Waals surface area contributed by atoms with Gasteiger partial charge in [0.25, 0.3) is 0 Å². The Morgan fingerprint density at radius 3 is 2.63 bits per heavy atom. The Balaban J connectivity index is 2.06. The summed E-state index contributed by atoms with van der Waals surface area (Å²) in [4.78, 5) is 12.1. The average Bonchev–Trinajstić information content (AvgIpc) is 2.37. The molecule has 19 heavy (non-hydrogen) atoms. The van der Waals surface area contributed by atoms with Crippen LogP contribution < -0.4 is 0 Å². The predicted octanol–water partition coefficient (Wildman–Crippen LogP) is 2.20. The minimum absolute atomic E-state index is 0.302. The average molecular weight is 280 g/mol. The highest BCUT2D eigenvalue weighted by molar-refractivity contribution is 6.30. The van der Waals surface area contributed by atoms with Gasteiger partial charge >= 0.3 is 6.09 Å². The van der Waals surface area contributed by atoms with Crippen LogP contribution in [0.2, 0.25) is 5.02 Å². The molecule has 1 aliphatic rings. The number of hydrogen-bond donors (Lipinski definition) is 2. The van der Waals surface area contributed by atoms with Crippen LogP contribution in [0.1, 0.15) is 18.4 Å². The van der Waals surface area contributed by atoms with Gasteiger partial charge in [0, 0.05) is 36.5 Å². The summed E-state index contributed by atoms with van der Waals surface area (Å²) in [5, 5.41) is 19.7. The second-order valence-corrected chi connectivity index (χ2v) is 5.00. The molecule has 0 radical (unpaired) electrons. The number of carboxylic acid groups (broad SMARTS) is 1. The predicted molar refractivity (Wildman–Crippen MR) is 72.1 cm³/mol. The van der Waals surface area contributed by atoms with Crippen molar-refractivity contribution in [1.82, 2.24) is 4.90 Å². The van der Waals surface area contributed by atoms with Crippen molar-refractivity contribution in [2.45, 2.75) is 18.4 Å². The number of likely N-dealkylation sites (tertiary alicyclic amines) is 1. The van der Waals surface area contributed by atoms with Crippen molar-refractivity contribution < 1.29 is 15.0 Å². The molecule has 1 fully saturated rings. The lowest BCUT2D eigenvalue weighted by Gasteiger charge is -2.33. The van der Waals surface area contributed by atoms with Crippen molar-refractivity contribution in [3.8, 4) is 11.8 Å². The number of rotatable bonds is 0. The van der Waals surface area contributed by atoms with Crippen LogP contribution in [0.5, 0.6) is 0 Å². The van der Waals surface area contributed by atoms with Gasteiger partial charge in [-0.1, -0.05) is 29.5 Å². The monoisotopic (exact) mass is 279 g/mol. The zero-order valence-electron chi connectivity index (χ0n) is 10.3. The number of amides is 1. The van der Waals surface area contributed by atoms with E-state index in [2.05, 4.69) is 11.8 Å². The Bertz CT molecular complexity index is 539. The maximum absolute atomic E-state index is 10.8. The third-order valence-corrected chi connectivity index (χ3v) is 3.36. The van der Waals surface area contributed by atoms with Gasteiger partial charge in [0.1, 0.15) is 5.60 Å². The van der Waals surface area contributed by atoms with E-state index in [1.54, 1.807) is 18.2 Å². The second-order valence-electron chi connectivity index (χ2n) is 4.56. The quantitative estimate of drug-likeness (QED) is 0.716. The van der Waals surface area contributed by atoms with Gasteiger partial charge in [-0.3, -0.25) is 0 Å². The van der Waals surface area contributed by atoms with E-state index in [1.807, 2.05) is 6.07 Å². The molecule has 0 aliphatic carbocycles. The van der Waals surface area contributed by atoms with Crippen LogP contribution in [0.25, 0.3) is 0 Å². The Kier molecular flexibility index (Phi) is 3.98. The summed E-state index contributed by atoms with van der Waals surface area (Å²) in [5.74, 6) is 5.72. The van der Waals surface area contributed by atoms with Crippen molar-refractivity contribution >= 4 is 17.7 Å². The summed E-state index contributed by atoms with van der Waals surface area (Å²) < 4.78 is 0.